The number of methoxy groups -OCH3 is 1. The number of carbonyl (C=O) groups excluding carboxylic acids is 1. The summed E-state index contributed by atoms with van der Waals surface area (Å²) < 4.78 is 6.18. The smallest absolute Gasteiger partial charge is 0.232 e. The molecule has 4 aromatic rings. The number of hydrogen-bond donors (Lipinski definition) is 1. The summed E-state index contributed by atoms with van der Waals surface area (Å²) in [5, 5.41) is 6.86. The van der Waals surface area contributed by atoms with Crippen molar-refractivity contribution in [1.82, 2.24) is 9.97 Å². The number of fused-ring (bicyclic) bond motifs is 1. The zero-order valence-corrected chi connectivity index (χ0v) is 16.6. The number of thiazole rings is 2. The average Bonchev–Trinajstić information content (AvgIpc) is 3.27. The minimum atomic E-state index is -0.144. The molecule has 0 aliphatic heterocycles. The molecule has 0 saturated carbocycles. The van der Waals surface area contributed by atoms with Gasteiger partial charge in [-0.3, -0.25) is 4.79 Å². The van der Waals surface area contributed by atoms with E-state index in [1.165, 1.54) is 22.7 Å². The highest BCUT2D eigenvalue weighted by Crippen LogP contribution is 2.29. The number of nitrogens with zero attached hydrogens (tertiary/aromatic N) is 2. The van der Waals surface area contributed by atoms with E-state index < -0.39 is 0 Å². The number of halogens is 1. The number of ether oxygens (including phenoxy) is 1. The summed E-state index contributed by atoms with van der Waals surface area (Å²) in [6.07, 6.45) is 0.198. The molecule has 0 radical (unpaired) electrons. The molecule has 2 aromatic heterocycles. The normalized spacial score (nSPS) is 10.9. The fraction of sp³-hybridized carbons (Fsp3) is 0.105. The lowest BCUT2D eigenvalue weighted by Crippen LogP contribution is -2.14. The molecular formula is C19H14ClN3O2S2. The average molecular weight is 416 g/mol. The Labute approximate surface area is 168 Å². The molecule has 5 nitrogen and oxygen atoms in total. The van der Waals surface area contributed by atoms with Gasteiger partial charge in [-0.1, -0.05) is 35.1 Å². The zero-order chi connectivity index (χ0) is 18.8. The predicted octanol–water partition coefficient (Wildman–Crippen LogP) is 5.26. The van der Waals surface area contributed by atoms with E-state index in [-0.39, 0.29) is 12.3 Å². The SMILES string of the molecule is COc1ccc2nc(NC(=O)Cc3csc(-c4ccc(Cl)cc4)n3)sc2c1. The Balaban J connectivity index is 1.44. The minimum absolute atomic E-state index is 0.144. The Morgan fingerprint density at radius 1 is 1.19 bits per heavy atom. The van der Waals surface area contributed by atoms with Crippen molar-refractivity contribution < 1.29 is 9.53 Å². The Morgan fingerprint density at radius 3 is 2.78 bits per heavy atom. The lowest BCUT2D eigenvalue weighted by atomic mass is 10.2. The summed E-state index contributed by atoms with van der Waals surface area (Å²) in [6, 6.07) is 13.1. The fourth-order valence-corrected chi connectivity index (χ4v) is 4.39. The van der Waals surface area contributed by atoms with Crippen LogP contribution in [0, 0.1) is 0 Å². The number of anilines is 1. The van der Waals surface area contributed by atoms with Gasteiger partial charge in [0.15, 0.2) is 5.13 Å². The Hall–Kier alpha value is -2.48. The standard InChI is InChI=1S/C19H14ClN3O2S2/c1-25-14-6-7-15-16(9-14)27-19(22-15)23-17(24)8-13-10-26-18(21-13)11-2-4-12(20)5-3-11/h2-7,9-10H,8H2,1H3,(H,22,23,24). The summed E-state index contributed by atoms with van der Waals surface area (Å²) in [6.45, 7) is 0. The monoisotopic (exact) mass is 415 g/mol. The van der Waals surface area contributed by atoms with Crippen molar-refractivity contribution in [1.29, 1.82) is 0 Å². The van der Waals surface area contributed by atoms with Crippen molar-refractivity contribution >= 4 is 55.5 Å². The molecule has 1 amide bonds. The van der Waals surface area contributed by atoms with Crippen LogP contribution in [0.15, 0.2) is 47.8 Å². The van der Waals surface area contributed by atoms with Crippen molar-refractivity contribution in [3.05, 3.63) is 58.6 Å². The van der Waals surface area contributed by atoms with E-state index >= 15 is 0 Å². The first-order valence-corrected chi connectivity index (χ1v) is 10.1. The van der Waals surface area contributed by atoms with Gasteiger partial charge in [-0.2, -0.15) is 0 Å². The molecule has 0 aliphatic carbocycles. The molecule has 4 rings (SSSR count). The number of amides is 1. The van der Waals surface area contributed by atoms with Gasteiger partial charge in [-0.15, -0.1) is 11.3 Å². The van der Waals surface area contributed by atoms with Crippen LogP contribution in [0.3, 0.4) is 0 Å². The van der Waals surface area contributed by atoms with Gasteiger partial charge < -0.3 is 10.1 Å². The fourth-order valence-electron chi connectivity index (χ4n) is 2.53. The summed E-state index contributed by atoms with van der Waals surface area (Å²) in [4.78, 5) is 21.3. The Bertz CT molecular complexity index is 1110. The van der Waals surface area contributed by atoms with E-state index in [9.17, 15) is 4.79 Å². The largest absolute Gasteiger partial charge is 0.497 e. The van der Waals surface area contributed by atoms with Crippen LogP contribution in [0.5, 0.6) is 5.75 Å². The van der Waals surface area contributed by atoms with E-state index in [1.54, 1.807) is 7.11 Å². The van der Waals surface area contributed by atoms with Gasteiger partial charge in [0.25, 0.3) is 0 Å². The second kappa shape index (κ2) is 7.64. The van der Waals surface area contributed by atoms with E-state index in [0.29, 0.717) is 10.2 Å². The third-order valence-corrected chi connectivity index (χ3v) is 5.95. The molecule has 136 valence electrons. The molecule has 0 saturated heterocycles. The quantitative estimate of drug-likeness (QED) is 0.482. The van der Waals surface area contributed by atoms with Crippen molar-refractivity contribution in [3.63, 3.8) is 0 Å². The Morgan fingerprint density at radius 2 is 2.00 bits per heavy atom. The predicted molar refractivity (Wildman–Crippen MR) is 111 cm³/mol. The van der Waals surface area contributed by atoms with E-state index in [0.717, 1.165) is 32.2 Å². The number of hydrogen-bond acceptors (Lipinski definition) is 6. The van der Waals surface area contributed by atoms with Crippen molar-refractivity contribution in [2.45, 2.75) is 6.42 Å². The van der Waals surface area contributed by atoms with Crippen LogP contribution in [0.25, 0.3) is 20.8 Å². The van der Waals surface area contributed by atoms with Gasteiger partial charge in [0.2, 0.25) is 5.91 Å². The minimum Gasteiger partial charge on any atom is -0.497 e. The second-order valence-electron chi connectivity index (χ2n) is 5.73. The first-order valence-electron chi connectivity index (χ1n) is 8.05. The highest BCUT2D eigenvalue weighted by atomic mass is 35.5. The molecule has 0 fully saturated rings. The first-order chi connectivity index (χ1) is 13.1. The number of carbonyl (C=O) groups is 1. The molecule has 8 heteroatoms. The summed E-state index contributed by atoms with van der Waals surface area (Å²) in [5.41, 5.74) is 2.54. The second-order valence-corrected chi connectivity index (χ2v) is 8.05. The maximum absolute atomic E-state index is 12.4. The highest BCUT2D eigenvalue weighted by Gasteiger charge is 2.12. The van der Waals surface area contributed by atoms with Crippen LogP contribution in [0.1, 0.15) is 5.69 Å². The van der Waals surface area contributed by atoms with Crippen molar-refractivity contribution in [2.75, 3.05) is 12.4 Å². The maximum Gasteiger partial charge on any atom is 0.232 e. The molecule has 0 atom stereocenters. The highest BCUT2D eigenvalue weighted by molar-refractivity contribution is 7.22. The summed E-state index contributed by atoms with van der Waals surface area (Å²) in [7, 11) is 1.62. The molecule has 0 unspecified atom stereocenters. The van der Waals surface area contributed by atoms with E-state index in [1.807, 2.05) is 47.8 Å². The molecule has 0 bridgehead atoms. The lowest BCUT2D eigenvalue weighted by molar-refractivity contribution is -0.115. The zero-order valence-electron chi connectivity index (χ0n) is 14.2. The van der Waals surface area contributed by atoms with Gasteiger partial charge in [-0.25, -0.2) is 9.97 Å². The maximum atomic E-state index is 12.4. The molecule has 2 heterocycles. The Kier molecular flexibility index (Phi) is 5.07. The van der Waals surface area contributed by atoms with Crippen LogP contribution in [-0.2, 0) is 11.2 Å². The van der Waals surface area contributed by atoms with Gasteiger partial charge in [0, 0.05) is 16.0 Å². The first kappa shape index (κ1) is 17.9. The van der Waals surface area contributed by atoms with Gasteiger partial charge >= 0.3 is 0 Å². The van der Waals surface area contributed by atoms with Crippen LogP contribution in [-0.4, -0.2) is 23.0 Å². The van der Waals surface area contributed by atoms with Gasteiger partial charge in [-0.05, 0) is 30.3 Å². The van der Waals surface area contributed by atoms with Crippen LogP contribution in [0.4, 0.5) is 5.13 Å². The third kappa shape index (κ3) is 4.10. The molecule has 0 aliphatic rings. The van der Waals surface area contributed by atoms with E-state index in [2.05, 4.69) is 15.3 Å². The number of benzene rings is 2. The summed E-state index contributed by atoms with van der Waals surface area (Å²) >= 11 is 8.83. The molecule has 2 aromatic carbocycles. The molecule has 27 heavy (non-hydrogen) atoms. The lowest BCUT2D eigenvalue weighted by Gasteiger charge is -1.99. The van der Waals surface area contributed by atoms with Crippen LogP contribution in [0.2, 0.25) is 5.02 Å². The molecule has 1 N–H and O–H groups in total. The van der Waals surface area contributed by atoms with Crippen molar-refractivity contribution in [3.8, 4) is 16.3 Å². The van der Waals surface area contributed by atoms with Gasteiger partial charge in [0.05, 0.1) is 29.4 Å². The topological polar surface area (TPSA) is 64.1 Å². The molecule has 0 spiro atoms. The van der Waals surface area contributed by atoms with Crippen LogP contribution < -0.4 is 10.1 Å². The summed E-state index contributed by atoms with van der Waals surface area (Å²) in [5.74, 6) is 0.621. The van der Waals surface area contributed by atoms with Crippen LogP contribution >= 0.6 is 34.3 Å². The number of nitrogens with one attached hydrogen (secondary N) is 1. The third-order valence-electron chi connectivity index (χ3n) is 3.83. The molecular weight excluding hydrogens is 402 g/mol. The van der Waals surface area contributed by atoms with Gasteiger partial charge in [0.1, 0.15) is 10.8 Å². The van der Waals surface area contributed by atoms with E-state index in [4.69, 9.17) is 16.3 Å². The number of aromatic nitrogens is 2. The van der Waals surface area contributed by atoms with Crippen molar-refractivity contribution in [2.24, 2.45) is 0 Å². The number of rotatable bonds is 5.